The van der Waals surface area contributed by atoms with Crippen molar-refractivity contribution in [1.29, 1.82) is 0 Å². The molecular weight excluding hydrogens is 282 g/mol. The number of benzene rings is 1. The first kappa shape index (κ1) is 11.9. The maximum absolute atomic E-state index is 10.6. The van der Waals surface area contributed by atoms with Crippen LogP contribution in [0.4, 0.5) is 0 Å². The molecule has 0 aliphatic carbocycles. The Morgan fingerprint density at radius 2 is 2.18 bits per heavy atom. The fourth-order valence-corrected chi connectivity index (χ4v) is 2.44. The van der Waals surface area contributed by atoms with Crippen molar-refractivity contribution in [2.45, 2.75) is 13.5 Å². The van der Waals surface area contributed by atoms with E-state index in [0.29, 0.717) is 6.54 Å². The van der Waals surface area contributed by atoms with E-state index in [2.05, 4.69) is 15.9 Å². The summed E-state index contributed by atoms with van der Waals surface area (Å²) in [5.74, 6) is -0.905. The summed E-state index contributed by atoms with van der Waals surface area (Å²) in [4.78, 5) is 10.6. The summed E-state index contributed by atoms with van der Waals surface area (Å²) in [5.41, 5.74) is 1.91. The largest absolute Gasteiger partial charge is 0.478 e. The van der Waals surface area contributed by atoms with E-state index in [4.69, 9.17) is 5.11 Å². The molecule has 0 aliphatic heterocycles. The van der Waals surface area contributed by atoms with Gasteiger partial charge in [-0.05, 0) is 34.5 Å². The quantitative estimate of drug-likeness (QED) is 0.881. The molecule has 0 amide bonds. The van der Waals surface area contributed by atoms with Crippen LogP contribution in [0.15, 0.2) is 46.6 Å². The molecule has 0 unspecified atom stereocenters. The van der Waals surface area contributed by atoms with Crippen LogP contribution in [0.5, 0.6) is 0 Å². The maximum atomic E-state index is 10.6. The van der Waals surface area contributed by atoms with Gasteiger partial charge < -0.3 is 9.67 Å². The van der Waals surface area contributed by atoms with Crippen molar-refractivity contribution in [3.8, 4) is 0 Å². The number of hydrogen-bond donors (Lipinski definition) is 1. The van der Waals surface area contributed by atoms with Crippen LogP contribution in [0.3, 0.4) is 0 Å². The highest BCUT2D eigenvalue weighted by Crippen LogP contribution is 2.26. The van der Waals surface area contributed by atoms with Gasteiger partial charge in [-0.2, -0.15) is 0 Å². The molecule has 17 heavy (non-hydrogen) atoms. The Morgan fingerprint density at radius 1 is 1.47 bits per heavy atom. The molecule has 3 nitrogen and oxygen atoms in total. The standard InChI is InChI=1S/C13H12BrNO2/c1-9(6-13(16)17)7-15-8-11(14)10-4-2-3-5-12(10)15/h2-6,8H,7H2,1H3,(H,16,17). The lowest BCUT2D eigenvalue weighted by atomic mass is 10.2. The van der Waals surface area contributed by atoms with Crippen LogP contribution in [0.25, 0.3) is 10.9 Å². The van der Waals surface area contributed by atoms with Crippen LogP contribution in [-0.2, 0) is 11.3 Å². The zero-order valence-corrected chi connectivity index (χ0v) is 10.9. The molecule has 1 aromatic carbocycles. The lowest BCUT2D eigenvalue weighted by molar-refractivity contribution is -0.131. The van der Waals surface area contributed by atoms with Gasteiger partial charge in [-0.25, -0.2) is 4.79 Å². The van der Waals surface area contributed by atoms with Gasteiger partial charge in [0.2, 0.25) is 0 Å². The molecule has 2 aromatic rings. The van der Waals surface area contributed by atoms with Gasteiger partial charge in [0, 0.05) is 34.2 Å². The highest BCUT2D eigenvalue weighted by atomic mass is 79.9. The zero-order chi connectivity index (χ0) is 12.4. The van der Waals surface area contributed by atoms with E-state index >= 15 is 0 Å². The Morgan fingerprint density at radius 3 is 2.88 bits per heavy atom. The molecule has 0 spiro atoms. The molecule has 0 fully saturated rings. The van der Waals surface area contributed by atoms with Crippen LogP contribution in [0, 0.1) is 0 Å². The molecule has 0 radical (unpaired) electrons. The Kier molecular flexibility index (Phi) is 3.33. The summed E-state index contributed by atoms with van der Waals surface area (Å²) in [5, 5.41) is 9.82. The van der Waals surface area contributed by atoms with Crippen molar-refractivity contribution in [2.75, 3.05) is 0 Å². The van der Waals surface area contributed by atoms with Crippen molar-refractivity contribution in [1.82, 2.24) is 4.57 Å². The molecule has 0 saturated heterocycles. The number of halogens is 1. The van der Waals surface area contributed by atoms with E-state index in [1.807, 2.05) is 42.0 Å². The number of allylic oxidation sites excluding steroid dienone is 1. The minimum Gasteiger partial charge on any atom is -0.478 e. The van der Waals surface area contributed by atoms with Crippen LogP contribution >= 0.6 is 15.9 Å². The summed E-state index contributed by atoms with van der Waals surface area (Å²) in [6, 6.07) is 8.01. The van der Waals surface area contributed by atoms with Crippen LogP contribution < -0.4 is 0 Å². The predicted octanol–water partition coefficient (Wildman–Crippen LogP) is 3.43. The summed E-state index contributed by atoms with van der Waals surface area (Å²) in [6.45, 7) is 2.40. The van der Waals surface area contributed by atoms with E-state index in [1.54, 1.807) is 0 Å². The third kappa shape index (κ3) is 2.58. The van der Waals surface area contributed by atoms with Gasteiger partial charge in [0.1, 0.15) is 0 Å². The minimum absolute atomic E-state index is 0.582. The highest BCUT2D eigenvalue weighted by molar-refractivity contribution is 9.10. The second-order valence-corrected chi connectivity index (χ2v) is 4.81. The van der Waals surface area contributed by atoms with Crippen molar-refractivity contribution in [2.24, 2.45) is 0 Å². The molecule has 88 valence electrons. The van der Waals surface area contributed by atoms with E-state index in [-0.39, 0.29) is 0 Å². The lowest BCUT2D eigenvalue weighted by Gasteiger charge is -2.04. The maximum Gasteiger partial charge on any atom is 0.328 e. The molecule has 0 bridgehead atoms. The Bertz CT molecular complexity index is 598. The van der Waals surface area contributed by atoms with Crippen molar-refractivity contribution < 1.29 is 9.90 Å². The Balaban J connectivity index is 2.40. The van der Waals surface area contributed by atoms with Crippen molar-refractivity contribution in [3.63, 3.8) is 0 Å². The number of rotatable bonds is 3. The van der Waals surface area contributed by atoms with Gasteiger partial charge in [0.05, 0.1) is 0 Å². The number of hydrogen-bond acceptors (Lipinski definition) is 1. The van der Waals surface area contributed by atoms with Crippen LogP contribution in [0.1, 0.15) is 6.92 Å². The molecule has 1 heterocycles. The molecule has 4 heteroatoms. The summed E-state index contributed by atoms with van der Waals surface area (Å²) in [7, 11) is 0. The number of para-hydroxylation sites is 1. The first-order valence-corrected chi connectivity index (χ1v) is 6.00. The van der Waals surface area contributed by atoms with Gasteiger partial charge >= 0.3 is 5.97 Å². The number of aromatic nitrogens is 1. The smallest absolute Gasteiger partial charge is 0.328 e. The summed E-state index contributed by atoms with van der Waals surface area (Å²) >= 11 is 3.50. The molecule has 0 saturated carbocycles. The van der Waals surface area contributed by atoms with Crippen LogP contribution in [-0.4, -0.2) is 15.6 Å². The molecule has 0 aliphatic rings. The summed E-state index contributed by atoms with van der Waals surface area (Å²) < 4.78 is 3.06. The predicted molar refractivity (Wildman–Crippen MR) is 71.0 cm³/mol. The first-order chi connectivity index (χ1) is 8.08. The number of fused-ring (bicyclic) bond motifs is 1. The lowest BCUT2D eigenvalue weighted by Crippen LogP contribution is -1.99. The van der Waals surface area contributed by atoms with E-state index in [1.165, 1.54) is 6.08 Å². The molecule has 1 aromatic heterocycles. The second-order valence-electron chi connectivity index (χ2n) is 3.95. The fourth-order valence-electron chi connectivity index (χ4n) is 1.86. The molecule has 2 rings (SSSR count). The molecule has 0 atom stereocenters. The first-order valence-electron chi connectivity index (χ1n) is 5.21. The number of carboxylic acid groups (broad SMARTS) is 1. The number of carboxylic acids is 1. The van der Waals surface area contributed by atoms with Crippen molar-refractivity contribution >= 4 is 32.8 Å². The second kappa shape index (κ2) is 4.75. The van der Waals surface area contributed by atoms with Gasteiger partial charge in [-0.1, -0.05) is 18.2 Å². The van der Waals surface area contributed by atoms with E-state index < -0.39 is 5.97 Å². The zero-order valence-electron chi connectivity index (χ0n) is 9.35. The molecular formula is C13H12BrNO2. The van der Waals surface area contributed by atoms with Crippen LogP contribution in [0.2, 0.25) is 0 Å². The molecule has 1 N–H and O–H groups in total. The summed E-state index contributed by atoms with van der Waals surface area (Å²) in [6.07, 6.45) is 3.21. The number of nitrogens with zero attached hydrogens (tertiary/aromatic N) is 1. The monoisotopic (exact) mass is 293 g/mol. The highest BCUT2D eigenvalue weighted by Gasteiger charge is 2.06. The average Bonchev–Trinajstić information content (AvgIpc) is 2.55. The third-order valence-electron chi connectivity index (χ3n) is 2.53. The van der Waals surface area contributed by atoms with E-state index in [0.717, 1.165) is 20.9 Å². The topological polar surface area (TPSA) is 42.2 Å². The van der Waals surface area contributed by atoms with Gasteiger partial charge in [-0.3, -0.25) is 0 Å². The van der Waals surface area contributed by atoms with Gasteiger partial charge in [0.15, 0.2) is 0 Å². The number of carbonyl (C=O) groups is 1. The fraction of sp³-hybridized carbons (Fsp3) is 0.154. The minimum atomic E-state index is -0.905. The Hall–Kier alpha value is -1.55. The van der Waals surface area contributed by atoms with Gasteiger partial charge in [-0.15, -0.1) is 0 Å². The number of aliphatic carboxylic acids is 1. The van der Waals surface area contributed by atoms with E-state index in [9.17, 15) is 4.79 Å². The third-order valence-corrected chi connectivity index (χ3v) is 3.16. The normalized spacial score (nSPS) is 12.0. The average molecular weight is 294 g/mol. The van der Waals surface area contributed by atoms with Crippen molar-refractivity contribution in [3.05, 3.63) is 46.6 Å². The van der Waals surface area contributed by atoms with Gasteiger partial charge in [0.25, 0.3) is 0 Å². The Labute approximate surface area is 107 Å². The SMILES string of the molecule is CC(=CC(=O)O)Cn1cc(Br)c2ccccc21.